The van der Waals surface area contributed by atoms with Crippen molar-refractivity contribution in [3.05, 3.63) is 0 Å². The molecule has 0 saturated carbocycles. The Hall–Kier alpha value is -0.570. The standard InChI is InChI=1S/C15H29NO2/c1-2-18-15(17)11-7-6-10-14-16-12-8-4-3-5-9-13-16/h2-14H2,1H3. The van der Waals surface area contributed by atoms with Gasteiger partial charge in [0.15, 0.2) is 0 Å². The van der Waals surface area contributed by atoms with E-state index < -0.39 is 0 Å². The lowest BCUT2D eigenvalue weighted by Crippen LogP contribution is -2.28. The van der Waals surface area contributed by atoms with Crippen LogP contribution in [0.3, 0.4) is 0 Å². The summed E-state index contributed by atoms with van der Waals surface area (Å²) in [5, 5.41) is 0. The van der Waals surface area contributed by atoms with E-state index in [0.29, 0.717) is 13.0 Å². The fourth-order valence-electron chi connectivity index (χ4n) is 2.55. The summed E-state index contributed by atoms with van der Waals surface area (Å²) in [5.74, 6) is -0.0382. The Morgan fingerprint density at radius 3 is 2.33 bits per heavy atom. The Morgan fingerprint density at radius 2 is 1.67 bits per heavy atom. The average molecular weight is 255 g/mol. The van der Waals surface area contributed by atoms with Gasteiger partial charge in [-0.05, 0) is 52.2 Å². The molecule has 3 heteroatoms. The third-order valence-corrected chi connectivity index (χ3v) is 3.61. The number of unbranched alkanes of at least 4 members (excludes halogenated alkanes) is 2. The highest BCUT2D eigenvalue weighted by Gasteiger charge is 2.07. The second kappa shape index (κ2) is 10.4. The first-order valence-electron chi connectivity index (χ1n) is 7.71. The highest BCUT2D eigenvalue weighted by Crippen LogP contribution is 2.11. The third kappa shape index (κ3) is 7.70. The van der Waals surface area contributed by atoms with E-state index in [4.69, 9.17) is 4.74 Å². The summed E-state index contributed by atoms with van der Waals surface area (Å²) in [6, 6.07) is 0. The molecule has 0 aromatic heterocycles. The van der Waals surface area contributed by atoms with Gasteiger partial charge in [0.25, 0.3) is 0 Å². The van der Waals surface area contributed by atoms with Crippen molar-refractivity contribution in [3.63, 3.8) is 0 Å². The molecule has 0 aromatic rings. The minimum atomic E-state index is -0.0382. The maximum absolute atomic E-state index is 11.2. The minimum Gasteiger partial charge on any atom is -0.466 e. The van der Waals surface area contributed by atoms with E-state index in [0.717, 1.165) is 12.8 Å². The number of likely N-dealkylation sites (tertiary alicyclic amines) is 1. The molecule has 0 aromatic carbocycles. The van der Waals surface area contributed by atoms with E-state index in [1.165, 1.54) is 58.2 Å². The van der Waals surface area contributed by atoms with Gasteiger partial charge in [-0.1, -0.05) is 25.7 Å². The number of hydrogen-bond donors (Lipinski definition) is 0. The summed E-state index contributed by atoms with van der Waals surface area (Å²) in [7, 11) is 0. The van der Waals surface area contributed by atoms with Crippen molar-refractivity contribution in [2.75, 3.05) is 26.2 Å². The molecule has 1 aliphatic heterocycles. The first-order chi connectivity index (χ1) is 8.83. The molecule has 1 rings (SSSR count). The molecule has 0 bridgehead atoms. The van der Waals surface area contributed by atoms with Gasteiger partial charge in [0.05, 0.1) is 6.61 Å². The van der Waals surface area contributed by atoms with E-state index in [1.54, 1.807) is 0 Å². The van der Waals surface area contributed by atoms with E-state index in [2.05, 4.69) is 4.90 Å². The normalized spacial score (nSPS) is 18.1. The van der Waals surface area contributed by atoms with Crippen LogP contribution >= 0.6 is 0 Å². The zero-order valence-corrected chi connectivity index (χ0v) is 12.0. The lowest BCUT2D eigenvalue weighted by Gasteiger charge is -2.24. The Morgan fingerprint density at radius 1 is 1.00 bits per heavy atom. The van der Waals surface area contributed by atoms with Gasteiger partial charge in [0.2, 0.25) is 0 Å². The summed E-state index contributed by atoms with van der Waals surface area (Å²) in [4.78, 5) is 13.8. The molecule has 1 heterocycles. The molecular weight excluding hydrogens is 226 g/mol. The van der Waals surface area contributed by atoms with Crippen molar-refractivity contribution in [1.82, 2.24) is 4.90 Å². The van der Waals surface area contributed by atoms with Crippen LogP contribution in [0.5, 0.6) is 0 Å². The van der Waals surface area contributed by atoms with Crippen LogP contribution < -0.4 is 0 Å². The lowest BCUT2D eigenvalue weighted by atomic mass is 10.1. The zero-order valence-electron chi connectivity index (χ0n) is 12.0. The summed E-state index contributed by atoms with van der Waals surface area (Å²) in [6.45, 7) is 6.13. The van der Waals surface area contributed by atoms with E-state index >= 15 is 0 Å². The van der Waals surface area contributed by atoms with Crippen molar-refractivity contribution < 1.29 is 9.53 Å². The summed E-state index contributed by atoms with van der Waals surface area (Å²) >= 11 is 0. The summed E-state index contributed by atoms with van der Waals surface area (Å²) in [6.07, 6.45) is 10.9. The first-order valence-corrected chi connectivity index (χ1v) is 7.71. The Kier molecular flexibility index (Phi) is 8.92. The highest BCUT2D eigenvalue weighted by molar-refractivity contribution is 5.69. The monoisotopic (exact) mass is 255 g/mol. The van der Waals surface area contributed by atoms with Crippen LogP contribution in [-0.2, 0) is 9.53 Å². The number of esters is 1. The van der Waals surface area contributed by atoms with Gasteiger partial charge in [-0.25, -0.2) is 0 Å². The Bertz CT molecular complexity index is 211. The largest absolute Gasteiger partial charge is 0.466 e. The van der Waals surface area contributed by atoms with Crippen LogP contribution in [0.2, 0.25) is 0 Å². The van der Waals surface area contributed by atoms with Crippen molar-refractivity contribution in [2.24, 2.45) is 0 Å². The van der Waals surface area contributed by atoms with Crippen LogP contribution in [0.1, 0.15) is 64.7 Å². The number of rotatable bonds is 7. The van der Waals surface area contributed by atoms with Gasteiger partial charge in [-0.2, -0.15) is 0 Å². The summed E-state index contributed by atoms with van der Waals surface area (Å²) in [5.41, 5.74) is 0. The molecule has 1 fully saturated rings. The Labute approximate surface area is 112 Å². The van der Waals surface area contributed by atoms with Crippen molar-refractivity contribution in [1.29, 1.82) is 0 Å². The van der Waals surface area contributed by atoms with Gasteiger partial charge >= 0.3 is 5.97 Å². The molecule has 18 heavy (non-hydrogen) atoms. The van der Waals surface area contributed by atoms with Gasteiger partial charge in [0.1, 0.15) is 0 Å². The zero-order chi connectivity index (χ0) is 13.1. The predicted molar refractivity (Wildman–Crippen MR) is 74.6 cm³/mol. The van der Waals surface area contributed by atoms with Crippen molar-refractivity contribution in [2.45, 2.75) is 64.7 Å². The van der Waals surface area contributed by atoms with Crippen LogP contribution in [0.15, 0.2) is 0 Å². The maximum atomic E-state index is 11.2. The van der Waals surface area contributed by atoms with Gasteiger partial charge in [0, 0.05) is 6.42 Å². The molecule has 1 aliphatic rings. The van der Waals surface area contributed by atoms with Crippen LogP contribution in [0.25, 0.3) is 0 Å². The van der Waals surface area contributed by atoms with Gasteiger partial charge in [-0.15, -0.1) is 0 Å². The second-order valence-corrected chi connectivity index (χ2v) is 5.23. The van der Waals surface area contributed by atoms with Crippen LogP contribution in [-0.4, -0.2) is 37.1 Å². The van der Waals surface area contributed by atoms with Crippen molar-refractivity contribution in [3.8, 4) is 0 Å². The SMILES string of the molecule is CCOC(=O)CCCCCN1CCCCCCC1. The number of hydrogen-bond acceptors (Lipinski definition) is 3. The van der Waals surface area contributed by atoms with Crippen LogP contribution in [0, 0.1) is 0 Å². The second-order valence-electron chi connectivity index (χ2n) is 5.23. The molecular formula is C15H29NO2. The molecule has 0 unspecified atom stereocenters. The molecule has 0 aliphatic carbocycles. The molecule has 1 saturated heterocycles. The fourth-order valence-corrected chi connectivity index (χ4v) is 2.55. The third-order valence-electron chi connectivity index (χ3n) is 3.61. The molecule has 0 atom stereocenters. The van der Waals surface area contributed by atoms with E-state index in [9.17, 15) is 4.79 Å². The van der Waals surface area contributed by atoms with Crippen molar-refractivity contribution >= 4 is 5.97 Å². The minimum absolute atomic E-state index is 0.0382. The number of ether oxygens (including phenoxy) is 1. The molecule has 0 spiro atoms. The topological polar surface area (TPSA) is 29.5 Å². The quantitative estimate of drug-likeness (QED) is 0.516. The van der Waals surface area contributed by atoms with E-state index in [1.807, 2.05) is 6.92 Å². The number of carbonyl (C=O) groups excluding carboxylic acids is 1. The highest BCUT2D eigenvalue weighted by atomic mass is 16.5. The Balaban J connectivity index is 1.97. The fraction of sp³-hybridized carbons (Fsp3) is 0.933. The average Bonchev–Trinajstić information content (AvgIpc) is 2.31. The summed E-state index contributed by atoms with van der Waals surface area (Å²) < 4.78 is 4.92. The number of carbonyl (C=O) groups is 1. The first kappa shape index (κ1) is 15.5. The van der Waals surface area contributed by atoms with Crippen LogP contribution in [0.4, 0.5) is 0 Å². The lowest BCUT2D eigenvalue weighted by molar-refractivity contribution is -0.143. The molecule has 0 N–H and O–H groups in total. The number of nitrogens with zero attached hydrogens (tertiary/aromatic N) is 1. The molecule has 0 radical (unpaired) electrons. The van der Waals surface area contributed by atoms with Gasteiger partial charge < -0.3 is 9.64 Å². The van der Waals surface area contributed by atoms with E-state index in [-0.39, 0.29) is 5.97 Å². The molecule has 106 valence electrons. The predicted octanol–water partition coefficient (Wildman–Crippen LogP) is 3.38. The smallest absolute Gasteiger partial charge is 0.305 e. The molecule has 3 nitrogen and oxygen atoms in total. The van der Waals surface area contributed by atoms with Gasteiger partial charge in [-0.3, -0.25) is 4.79 Å². The maximum Gasteiger partial charge on any atom is 0.305 e. The molecule has 0 amide bonds.